The third kappa shape index (κ3) is 4.95. The van der Waals surface area contributed by atoms with Gasteiger partial charge in [0.25, 0.3) is 5.22 Å². The van der Waals surface area contributed by atoms with Crippen LogP contribution in [0.5, 0.6) is 0 Å². The van der Waals surface area contributed by atoms with Crippen LogP contribution in [0.2, 0.25) is 0 Å². The lowest BCUT2D eigenvalue weighted by molar-refractivity contribution is 0.454. The third-order valence-corrected chi connectivity index (χ3v) is 2.45. The standard InChI is InChI=1S/C9H16N2OS/c1-8(2)10-4-3-7-13-9-11-5-6-12-9/h5-6,8,10H,3-4,7H2,1-2H3. The molecule has 0 spiro atoms. The molecule has 0 saturated heterocycles. The van der Waals surface area contributed by atoms with Crippen LogP contribution in [0.15, 0.2) is 22.1 Å². The van der Waals surface area contributed by atoms with Gasteiger partial charge in [-0.05, 0) is 13.0 Å². The average Bonchev–Trinajstić information content (AvgIpc) is 2.55. The average molecular weight is 200 g/mol. The first-order valence-electron chi connectivity index (χ1n) is 4.54. The van der Waals surface area contributed by atoms with Crippen LogP contribution in [0.3, 0.4) is 0 Å². The van der Waals surface area contributed by atoms with Crippen molar-refractivity contribution in [2.24, 2.45) is 0 Å². The summed E-state index contributed by atoms with van der Waals surface area (Å²) >= 11 is 1.66. The highest BCUT2D eigenvalue weighted by Crippen LogP contribution is 2.14. The Morgan fingerprint density at radius 3 is 3.08 bits per heavy atom. The molecular weight excluding hydrogens is 184 g/mol. The van der Waals surface area contributed by atoms with E-state index in [1.165, 1.54) is 0 Å². The summed E-state index contributed by atoms with van der Waals surface area (Å²) in [6.45, 7) is 5.37. The third-order valence-electron chi connectivity index (χ3n) is 1.51. The van der Waals surface area contributed by atoms with Crippen molar-refractivity contribution in [2.75, 3.05) is 12.3 Å². The normalized spacial score (nSPS) is 11.0. The van der Waals surface area contributed by atoms with Crippen molar-refractivity contribution in [1.82, 2.24) is 10.3 Å². The topological polar surface area (TPSA) is 38.1 Å². The van der Waals surface area contributed by atoms with E-state index in [4.69, 9.17) is 4.42 Å². The SMILES string of the molecule is CC(C)NCCCSc1ncco1. The van der Waals surface area contributed by atoms with E-state index in [9.17, 15) is 0 Å². The van der Waals surface area contributed by atoms with E-state index in [0.29, 0.717) is 6.04 Å². The van der Waals surface area contributed by atoms with Crippen molar-refractivity contribution in [1.29, 1.82) is 0 Å². The molecule has 0 amide bonds. The van der Waals surface area contributed by atoms with Gasteiger partial charge in [-0.3, -0.25) is 0 Å². The number of thioether (sulfide) groups is 1. The Kier molecular flexibility index (Phi) is 4.93. The van der Waals surface area contributed by atoms with Gasteiger partial charge in [0.1, 0.15) is 6.26 Å². The maximum absolute atomic E-state index is 5.09. The molecule has 0 radical (unpaired) electrons. The second-order valence-electron chi connectivity index (χ2n) is 3.11. The smallest absolute Gasteiger partial charge is 0.255 e. The summed E-state index contributed by atoms with van der Waals surface area (Å²) in [5, 5.41) is 4.13. The largest absolute Gasteiger partial charge is 0.440 e. The first kappa shape index (κ1) is 10.6. The highest BCUT2D eigenvalue weighted by Gasteiger charge is 1.97. The predicted octanol–water partition coefficient (Wildman–Crippen LogP) is 2.15. The number of aromatic nitrogens is 1. The molecule has 13 heavy (non-hydrogen) atoms. The molecule has 0 aliphatic carbocycles. The van der Waals surface area contributed by atoms with Gasteiger partial charge in [0, 0.05) is 11.8 Å². The Morgan fingerprint density at radius 1 is 1.62 bits per heavy atom. The zero-order chi connectivity index (χ0) is 9.52. The first-order valence-corrected chi connectivity index (χ1v) is 5.53. The van der Waals surface area contributed by atoms with E-state index >= 15 is 0 Å². The van der Waals surface area contributed by atoms with Crippen molar-refractivity contribution in [3.8, 4) is 0 Å². The molecule has 1 rings (SSSR count). The maximum Gasteiger partial charge on any atom is 0.255 e. The molecule has 0 unspecified atom stereocenters. The van der Waals surface area contributed by atoms with Crippen LogP contribution in [0.1, 0.15) is 20.3 Å². The molecule has 1 heterocycles. The molecule has 0 bridgehead atoms. The second kappa shape index (κ2) is 6.05. The van der Waals surface area contributed by atoms with Crippen molar-refractivity contribution in [3.05, 3.63) is 12.5 Å². The van der Waals surface area contributed by atoms with Gasteiger partial charge in [0.15, 0.2) is 0 Å². The van der Waals surface area contributed by atoms with E-state index in [0.717, 1.165) is 23.9 Å². The van der Waals surface area contributed by atoms with Crippen LogP contribution in [-0.4, -0.2) is 23.3 Å². The highest BCUT2D eigenvalue weighted by atomic mass is 32.2. The molecule has 0 aliphatic rings. The molecule has 0 saturated carbocycles. The van der Waals surface area contributed by atoms with E-state index in [-0.39, 0.29) is 0 Å². The van der Waals surface area contributed by atoms with Gasteiger partial charge in [-0.15, -0.1) is 0 Å². The van der Waals surface area contributed by atoms with Gasteiger partial charge in [0.2, 0.25) is 0 Å². The molecule has 0 fully saturated rings. The van der Waals surface area contributed by atoms with E-state index in [1.54, 1.807) is 24.2 Å². The molecule has 4 heteroatoms. The summed E-state index contributed by atoms with van der Waals surface area (Å²) in [6, 6.07) is 0.576. The van der Waals surface area contributed by atoms with Crippen molar-refractivity contribution >= 4 is 11.8 Å². The Hall–Kier alpha value is -0.480. The lowest BCUT2D eigenvalue weighted by atomic mass is 10.4. The van der Waals surface area contributed by atoms with Crippen molar-refractivity contribution < 1.29 is 4.42 Å². The summed E-state index contributed by atoms with van der Waals surface area (Å²) in [5.74, 6) is 1.06. The molecule has 74 valence electrons. The van der Waals surface area contributed by atoms with Gasteiger partial charge < -0.3 is 9.73 Å². The van der Waals surface area contributed by atoms with Crippen molar-refractivity contribution in [2.45, 2.75) is 31.5 Å². The first-order chi connectivity index (χ1) is 6.29. The summed E-state index contributed by atoms with van der Waals surface area (Å²) in [4.78, 5) is 4.02. The minimum Gasteiger partial charge on any atom is -0.440 e. The monoisotopic (exact) mass is 200 g/mol. The Bertz CT molecular complexity index is 211. The number of rotatable bonds is 6. The van der Waals surface area contributed by atoms with Crippen LogP contribution in [0.25, 0.3) is 0 Å². The molecule has 3 nitrogen and oxygen atoms in total. The van der Waals surface area contributed by atoms with E-state index in [2.05, 4.69) is 24.1 Å². The quantitative estimate of drug-likeness (QED) is 0.564. The van der Waals surface area contributed by atoms with E-state index < -0.39 is 0 Å². The number of hydrogen-bond donors (Lipinski definition) is 1. The lowest BCUT2D eigenvalue weighted by Gasteiger charge is -2.06. The maximum atomic E-state index is 5.09. The van der Waals surface area contributed by atoms with Crippen LogP contribution < -0.4 is 5.32 Å². The van der Waals surface area contributed by atoms with Gasteiger partial charge in [-0.25, -0.2) is 4.98 Å². The molecule has 1 aromatic rings. The van der Waals surface area contributed by atoms with Gasteiger partial charge >= 0.3 is 0 Å². The van der Waals surface area contributed by atoms with Gasteiger partial charge in [-0.1, -0.05) is 25.6 Å². The molecule has 0 atom stereocenters. The molecular formula is C9H16N2OS. The zero-order valence-corrected chi connectivity index (χ0v) is 8.93. The van der Waals surface area contributed by atoms with Gasteiger partial charge in [-0.2, -0.15) is 0 Å². The van der Waals surface area contributed by atoms with E-state index in [1.807, 2.05) is 0 Å². The molecule has 0 aliphatic heterocycles. The summed E-state index contributed by atoms with van der Waals surface area (Å²) in [7, 11) is 0. The number of nitrogens with one attached hydrogen (secondary N) is 1. The van der Waals surface area contributed by atoms with Crippen molar-refractivity contribution in [3.63, 3.8) is 0 Å². The Morgan fingerprint density at radius 2 is 2.46 bits per heavy atom. The molecule has 1 aromatic heterocycles. The summed E-state index contributed by atoms with van der Waals surface area (Å²) < 4.78 is 5.09. The highest BCUT2D eigenvalue weighted by molar-refractivity contribution is 7.99. The van der Waals surface area contributed by atoms with Crippen LogP contribution in [-0.2, 0) is 0 Å². The fourth-order valence-corrected chi connectivity index (χ4v) is 1.63. The zero-order valence-electron chi connectivity index (χ0n) is 8.12. The predicted molar refractivity (Wildman–Crippen MR) is 55.0 cm³/mol. The number of hydrogen-bond acceptors (Lipinski definition) is 4. The summed E-state index contributed by atoms with van der Waals surface area (Å²) in [6.07, 6.45) is 4.43. The fourth-order valence-electron chi connectivity index (χ4n) is 0.904. The second-order valence-corrected chi connectivity index (χ2v) is 4.16. The van der Waals surface area contributed by atoms with Crippen LogP contribution in [0.4, 0.5) is 0 Å². The minimum absolute atomic E-state index is 0.576. The Balaban J connectivity index is 1.96. The van der Waals surface area contributed by atoms with Crippen LogP contribution >= 0.6 is 11.8 Å². The summed E-state index contributed by atoms with van der Waals surface area (Å²) in [5.41, 5.74) is 0. The minimum atomic E-state index is 0.576. The van der Waals surface area contributed by atoms with Crippen LogP contribution in [0, 0.1) is 0 Å². The lowest BCUT2D eigenvalue weighted by Crippen LogP contribution is -2.23. The molecule has 1 N–H and O–H groups in total. The fraction of sp³-hybridized carbons (Fsp3) is 0.667. The Labute approximate surface area is 83.3 Å². The number of nitrogens with zero attached hydrogens (tertiary/aromatic N) is 1. The van der Waals surface area contributed by atoms with Gasteiger partial charge in [0.05, 0.1) is 6.20 Å². The number of oxazole rings is 1. The molecule has 0 aromatic carbocycles.